The van der Waals surface area contributed by atoms with Crippen molar-refractivity contribution in [3.8, 4) is 0 Å². The number of rotatable bonds is 4. The van der Waals surface area contributed by atoms with Crippen LogP contribution in [0, 0.1) is 12.8 Å². The summed E-state index contributed by atoms with van der Waals surface area (Å²) in [4.78, 5) is 13.1. The van der Waals surface area contributed by atoms with Gasteiger partial charge in [0.1, 0.15) is 0 Å². The van der Waals surface area contributed by atoms with Crippen LogP contribution < -0.4 is 5.43 Å². The third-order valence-corrected chi connectivity index (χ3v) is 4.57. The van der Waals surface area contributed by atoms with E-state index in [1.165, 1.54) is 11.1 Å². The molecule has 20 heavy (non-hydrogen) atoms. The van der Waals surface area contributed by atoms with E-state index in [0.717, 1.165) is 11.3 Å². The van der Waals surface area contributed by atoms with Crippen molar-refractivity contribution < 1.29 is 4.79 Å². The molecular formula is C16H16N2OS. The first-order valence-corrected chi connectivity index (χ1v) is 7.55. The molecule has 1 amide bonds. The van der Waals surface area contributed by atoms with Gasteiger partial charge >= 0.3 is 0 Å². The van der Waals surface area contributed by atoms with Crippen molar-refractivity contribution in [3.63, 3.8) is 0 Å². The van der Waals surface area contributed by atoms with Crippen molar-refractivity contribution in [1.29, 1.82) is 0 Å². The predicted octanol–water partition coefficient (Wildman–Crippen LogP) is 3.31. The number of hydrogen-bond acceptors (Lipinski definition) is 3. The lowest BCUT2D eigenvalue weighted by atomic mass is 10.1. The molecule has 2 atom stereocenters. The Morgan fingerprint density at radius 1 is 1.35 bits per heavy atom. The summed E-state index contributed by atoms with van der Waals surface area (Å²) in [5, 5.41) is 6.07. The smallest absolute Gasteiger partial charge is 0.243 e. The van der Waals surface area contributed by atoms with E-state index in [4.69, 9.17) is 0 Å². The van der Waals surface area contributed by atoms with Crippen LogP contribution in [0.5, 0.6) is 0 Å². The summed E-state index contributed by atoms with van der Waals surface area (Å²) in [6, 6.07) is 12.2. The van der Waals surface area contributed by atoms with E-state index in [9.17, 15) is 4.79 Å². The van der Waals surface area contributed by atoms with Gasteiger partial charge in [0.05, 0.1) is 6.21 Å². The number of hydrogen-bond donors (Lipinski definition) is 1. The Morgan fingerprint density at radius 3 is 2.85 bits per heavy atom. The molecule has 0 bridgehead atoms. The van der Waals surface area contributed by atoms with E-state index in [0.29, 0.717) is 5.92 Å². The number of carbonyl (C=O) groups is 1. The maximum absolute atomic E-state index is 12.0. The molecule has 1 aliphatic carbocycles. The normalized spacial score (nSPS) is 21.1. The van der Waals surface area contributed by atoms with Crippen molar-refractivity contribution in [2.45, 2.75) is 19.3 Å². The fraction of sp³-hybridized carbons (Fsp3) is 0.250. The molecule has 0 saturated heterocycles. The maximum Gasteiger partial charge on any atom is 0.243 e. The number of nitrogens with zero attached hydrogens (tertiary/aromatic N) is 1. The zero-order chi connectivity index (χ0) is 13.9. The first-order chi connectivity index (χ1) is 9.75. The summed E-state index contributed by atoms with van der Waals surface area (Å²) in [7, 11) is 0. The van der Waals surface area contributed by atoms with Gasteiger partial charge in [-0.3, -0.25) is 4.79 Å². The fourth-order valence-corrected chi connectivity index (χ4v) is 3.09. The van der Waals surface area contributed by atoms with Crippen LogP contribution in [0.15, 0.2) is 46.9 Å². The third kappa shape index (κ3) is 2.80. The van der Waals surface area contributed by atoms with Gasteiger partial charge in [-0.05, 0) is 41.8 Å². The van der Waals surface area contributed by atoms with Gasteiger partial charge in [-0.15, -0.1) is 11.3 Å². The summed E-state index contributed by atoms with van der Waals surface area (Å²) >= 11 is 1.62. The van der Waals surface area contributed by atoms with E-state index in [2.05, 4.69) is 22.7 Å². The summed E-state index contributed by atoms with van der Waals surface area (Å²) in [6.07, 6.45) is 2.64. The molecule has 0 aliphatic heterocycles. The maximum atomic E-state index is 12.0. The lowest BCUT2D eigenvalue weighted by molar-refractivity contribution is -0.122. The molecule has 1 saturated carbocycles. The Labute approximate surface area is 122 Å². The predicted molar refractivity (Wildman–Crippen MR) is 82.1 cm³/mol. The molecule has 1 heterocycles. The van der Waals surface area contributed by atoms with Gasteiger partial charge < -0.3 is 0 Å². The highest BCUT2D eigenvalue weighted by atomic mass is 32.1. The first kappa shape index (κ1) is 13.1. The number of hydrazone groups is 1. The van der Waals surface area contributed by atoms with Gasteiger partial charge in [0.15, 0.2) is 0 Å². The number of thiophene rings is 1. The number of nitrogens with one attached hydrogen (secondary N) is 1. The molecule has 2 aromatic rings. The zero-order valence-electron chi connectivity index (χ0n) is 11.2. The van der Waals surface area contributed by atoms with Crippen molar-refractivity contribution in [2.75, 3.05) is 0 Å². The second-order valence-corrected chi connectivity index (χ2v) is 6.01. The second kappa shape index (κ2) is 5.59. The van der Waals surface area contributed by atoms with E-state index in [1.54, 1.807) is 17.6 Å². The third-order valence-electron chi connectivity index (χ3n) is 3.61. The van der Waals surface area contributed by atoms with Crippen LogP contribution in [0.2, 0.25) is 0 Å². The highest BCUT2D eigenvalue weighted by molar-refractivity contribution is 7.11. The minimum Gasteiger partial charge on any atom is -0.273 e. The second-order valence-electron chi connectivity index (χ2n) is 5.06. The highest BCUT2D eigenvalue weighted by Gasteiger charge is 2.43. The SMILES string of the molecule is Cc1ccsc1/C=N/NC(=O)C1CC1c1ccccc1. The molecule has 1 aromatic heterocycles. The van der Waals surface area contributed by atoms with Crippen LogP contribution in [0.4, 0.5) is 0 Å². The molecule has 2 unspecified atom stereocenters. The van der Waals surface area contributed by atoms with Gasteiger partial charge in [-0.1, -0.05) is 30.3 Å². The highest BCUT2D eigenvalue weighted by Crippen LogP contribution is 2.47. The number of aryl methyl sites for hydroxylation is 1. The monoisotopic (exact) mass is 284 g/mol. The lowest BCUT2D eigenvalue weighted by Gasteiger charge is -1.99. The molecular weight excluding hydrogens is 268 g/mol. The summed E-state index contributed by atoms with van der Waals surface area (Å²) in [5.74, 6) is 0.443. The average molecular weight is 284 g/mol. The van der Waals surface area contributed by atoms with Crippen LogP contribution in [0.1, 0.15) is 28.3 Å². The number of carbonyl (C=O) groups excluding carboxylic acids is 1. The van der Waals surface area contributed by atoms with Gasteiger partial charge in [0.2, 0.25) is 5.91 Å². The van der Waals surface area contributed by atoms with Crippen molar-refractivity contribution in [3.05, 3.63) is 57.8 Å². The molecule has 1 fully saturated rings. The van der Waals surface area contributed by atoms with Crippen LogP contribution in [-0.4, -0.2) is 12.1 Å². The van der Waals surface area contributed by atoms with Crippen LogP contribution >= 0.6 is 11.3 Å². The van der Waals surface area contributed by atoms with Gasteiger partial charge in [-0.25, -0.2) is 5.43 Å². The van der Waals surface area contributed by atoms with Gasteiger partial charge in [-0.2, -0.15) is 5.10 Å². The Hall–Kier alpha value is -1.94. The molecule has 4 heteroatoms. The minimum absolute atomic E-state index is 0.0179. The van der Waals surface area contributed by atoms with E-state index in [1.807, 2.05) is 36.6 Å². The Bertz CT molecular complexity index is 633. The summed E-state index contributed by atoms with van der Waals surface area (Å²) in [5.41, 5.74) is 5.07. The largest absolute Gasteiger partial charge is 0.273 e. The Morgan fingerprint density at radius 2 is 2.15 bits per heavy atom. The van der Waals surface area contributed by atoms with E-state index >= 15 is 0 Å². The first-order valence-electron chi connectivity index (χ1n) is 6.67. The van der Waals surface area contributed by atoms with Crippen molar-refractivity contribution in [1.82, 2.24) is 5.43 Å². The van der Waals surface area contributed by atoms with E-state index < -0.39 is 0 Å². The molecule has 1 aromatic carbocycles. The lowest BCUT2D eigenvalue weighted by Crippen LogP contribution is -2.20. The zero-order valence-corrected chi connectivity index (χ0v) is 12.1. The topological polar surface area (TPSA) is 41.5 Å². The van der Waals surface area contributed by atoms with Crippen LogP contribution in [0.3, 0.4) is 0 Å². The fourth-order valence-electron chi connectivity index (χ4n) is 2.31. The van der Waals surface area contributed by atoms with Crippen molar-refractivity contribution >= 4 is 23.5 Å². The average Bonchev–Trinajstić information content (AvgIpc) is 3.18. The van der Waals surface area contributed by atoms with Crippen LogP contribution in [0.25, 0.3) is 0 Å². The molecule has 0 radical (unpaired) electrons. The molecule has 1 N–H and O–H groups in total. The number of benzene rings is 1. The summed E-state index contributed by atoms with van der Waals surface area (Å²) in [6.45, 7) is 2.03. The van der Waals surface area contributed by atoms with Gasteiger partial charge in [0.25, 0.3) is 0 Å². The molecule has 0 spiro atoms. The standard InChI is InChI=1S/C16H16N2OS/c1-11-7-8-20-15(11)10-17-18-16(19)14-9-13(14)12-5-3-2-4-6-12/h2-8,10,13-14H,9H2,1H3,(H,18,19)/b17-10+. The van der Waals surface area contributed by atoms with E-state index in [-0.39, 0.29) is 11.8 Å². The molecule has 3 rings (SSSR count). The molecule has 3 nitrogen and oxygen atoms in total. The molecule has 1 aliphatic rings. The Balaban J connectivity index is 1.54. The molecule has 102 valence electrons. The number of amides is 1. The Kier molecular flexibility index (Phi) is 3.65. The minimum atomic E-state index is 0.0179. The van der Waals surface area contributed by atoms with Gasteiger partial charge in [0, 0.05) is 10.8 Å². The quantitative estimate of drug-likeness (QED) is 0.679. The van der Waals surface area contributed by atoms with Crippen LogP contribution in [-0.2, 0) is 4.79 Å². The summed E-state index contributed by atoms with van der Waals surface area (Å²) < 4.78 is 0. The van der Waals surface area contributed by atoms with Crippen molar-refractivity contribution in [2.24, 2.45) is 11.0 Å².